The van der Waals surface area contributed by atoms with Gasteiger partial charge in [0.2, 0.25) is 10.0 Å². The first-order chi connectivity index (χ1) is 15.1. The first-order valence-electron chi connectivity index (χ1n) is 11.9. The normalized spacial score (nSPS) is 27.5. The van der Waals surface area contributed by atoms with Gasteiger partial charge >= 0.3 is 0 Å². The molecule has 2 aromatic rings. The Morgan fingerprint density at radius 1 is 1.12 bits per heavy atom. The van der Waals surface area contributed by atoms with Crippen molar-refractivity contribution in [2.75, 3.05) is 17.7 Å². The highest BCUT2D eigenvalue weighted by Crippen LogP contribution is 2.34. The number of sulfonamides is 1. The number of nitrogens with zero attached hydrogens (tertiary/aromatic N) is 3. The molecule has 0 aromatic carbocycles. The summed E-state index contributed by atoms with van der Waals surface area (Å²) in [4.78, 5) is 14.1. The van der Waals surface area contributed by atoms with Gasteiger partial charge in [0.25, 0.3) is 0 Å². The van der Waals surface area contributed by atoms with E-state index in [1.54, 1.807) is 6.33 Å². The number of aliphatic hydroxyl groups is 1. The van der Waals surface area contributed by atoms with Crippen LogP contribution in [-0.4, -0.2) is 59.0 Å². The third-order valence-electron chi connectivity index (χ3n) is 7.56. The van der Waals surface area contributed by atoms with Crippen LogP contribution in [0.1, 0.15) is 65.2 Å². The third kappa shape index (κ3) is 5.43. The van der Waals surface area contributed by atoms with Crippen molar-refractivity contribution in [3.63, 3.8) is 0 Å². The van der Waals surface area contributed by atoms with Gasteiger partial charge in [-0.25, -0.2) is 23.1 Å². The Hall–Kier alpha value is -1.71. The standard InChI is InChI=1S/C23H37N5O3S/c1-23(2,29)17-6-8-18(9-7-17)27-32(30,31)14-16-4-10-19(11-5-16)28(3)22-20-12-13-24-21(20)25-15-26-22/h12-13,15-19,27,29H,4-11,14H2,1-3H3,(H,24,25,26). The summed E-state index contributed by atoms with van der Waals surface area (Å²) in [6, 6.07) is 2.36. The van der Waals surface area contributed by atoms with Gasteiger partial charge in [0, 0.05) is 25.3 Å². The minimum Gasteiger partial charge on any atom is -0.390 e. The minimum atomic E-state index is -3.30. The van der Waals surface area contributed by atoms with Crippen molar-refractivity contribution in [1.29, 1.82) is 0 Å². The van der Waals surface area contributed by atoms with E-state index < -0.39 is 15.6 Å². The quantitative estimate of drug-likeness (QED) is 0.581. The number of H-pyrrole nitrogens is 1. The van der Waals surface area contributed by atoms with Gasteiger partial charge in [0.1, 0.15) is 17.8 Å². The Kier molecular flexibility index (Phi) is 6.79. The monoisotopic (exact) mass is 463 g/mol. The van der Waals surface area contributed by atoms with E-state index in [1.807, 2.05) is 26.1 Å². The number of hydrogen-bond acceptors (Lipinski definition) is 6. The molecule has 0 saturated heterocycles. The molecule has 2 aromatic heterocycles. The molecular formula is C23H37N5O3S. The number of hydrogen-bond donors (Lipinski definition) is 3. The average molecular weight is 464 g/mol. The van der Waals surface area contributed by atoms with Crippen molar-refractivity contribution in [3.05, 3.63) is 18.6 Å². The fourth-order valence-electron chi connectivity index (χ4n) is 5.54. The topological polar surface area (TPSA) is 111 Å². The summed E-state index contributed by atoms with van der Waals surface area (Å²) in [7, 11) is -1.22. The first-order valence-corrected chi connectivity index (χ1v) is 13.5. The molecule has 0 radical (unpaired) electrons. The summed E-state index contributed by atoms with van der Waals surface area (Å²) in [5, 5.41) is 11.2. The summed E-state index contributed by atoms with van der Waals surface area (Å²) in [5.41, 5.74) is 0.151. The lowest BCUT2D eigenvalue weighted by molar-refractivity contribution is -0.00183. The number of rotatable bonds is 7. The molecule has 32 heavy (non-hydrogen) atoms. The van der Waals surface area contributed by atoms with E-state index >= 15 is 0 Å². The van der Waals surface area contributed by atoms with Gasteiger partial charge in [0.05, 0.1) is 16.7 Å². The van der Waals surface area contributed by atoms with Crippen LogP contribution in [0.5, 0.6) is 0 Å². The van der Waals surface area contributed by atoms with Crippen LogP contribution in [0, 0.1) is 11.8 Å². The van der Waals surface area contributed by atoms with Gasteiger partial charge in [0.15, 0.2) is 0 Å². The molecule has 178 valence electrons. The molecule has 0 spiro atoms. The fraction of sp³-hybridized carbons (Fsp3) is 0.739. The largest absolute Gasteiger partial charge is 0.390 e. The molecule has 9 heteroatoms. The SMILES string of the molecule is CN(c1ncnc2[nH]ccc12)C1CCC(CS(=O)(=O)NC2CCC(C(C)(C)O)CC2)CC1. The van der Waals surface area contributed by atoms with Crippen LogP contribution < -0.4 is 9.62 Å². The maximum absolute atomic E-state index is 12.8. The molecular weight excluding hydrogens is 426 g/mol. The van der Waals surface area contributed by atoms with Gasteiger partial charge in [-0.05, 0) is 83.1 Å². The van der Waals surface area contributed by atoms with Crippen LogP contribution >= 0.6 is 0 Å². The van der Waals surface area contributed by atoms with Gasteiger partial charge < -0.3 is 15.0 Å². The van der Waals surface area contributed by atoms with E-state index in [2.05, 4.69) is 31.6 Å². The van der Waals surface area contributed by atoms with Gasteiger partial charge in [-0.2, -0.15) is 0 Å². The molecule has 0 atom stereocenters. The van der Waals surface area contributed by atoms with Gasteiger partial charge in [-0.1, -0.05) is 0 Å². The van der Waals surface area contributed by atoms with E-state index in [0.717, 1.165) is 68.2 Å². The summed E-state index contributed by atoms with van der Waals surface area (Å²) >= 11 is 0. The third-order valence-corrected chi connectivity index (χ3v) is 9.16. The Labute approximate surface area is 191 Å². The Balaban J connectivity index is 1.27. The molecule has 2 saturated carbocycles. The molecule has 2 aliphatic rings. The van der Waals surface area contributed by atoms with Crippen LogP contribution in [0.2, 0.25) is 0 Å². The number of fused-ring (bicyclic) bond motifs is 1. The Morgan fingerprint density at radius 2 is 1.81 bits per heavy atom. The van der Waals surface area contributed by atoms with E-state index in [4.69, 9.17) is 0 Å². The predicted octanol–water partition coefficient (Wildman–Crippen LogP) is 3.20. The zero-order valence-electron chi connectivity index (χ0n) is 19.4. The van der Waals surface area contributed by atoms with Crippen molar-refractivity contribution in [2.45, 2.75) is 82.9 Å². The lowest BCUT2D eigenvalue weighted by atomic mass is 9.77. The van der Waals surface area contributed by atoms with Crippen molar-refractivity contribution in [1.82, 2.24) is 19.7 Å². The summed E-state index contributed by atoms with van der Waals surface area (Å²) in [6.07, 6.45) is 10.5. The zero-order chi connectivity index (χ0) is 22.9. The van der Waals surface area contributed by atoms with Gasteiger partial charge in [-0.3, -0.25) is 0 Å². The van der Waals surface area contributed by atoms with Crippen LogP contribution in [0.25, 0.3) is 11.0 Å². The van der Waals surface area contributed by atoms with E-state index in [9.17, 15) is 13.5 Å². The zero-order valence-corrected chi connectivity index (χ0v) is 20.2. The first kappa shape index (κ1) is 23.4. The molecule has 8 nitrogen and oxygen atoms in total. The van der Waals surface area contributed by atoms with Crippen molar-refractivity contribution in [3.8, 4) is 0 Å². The maximum atomic E-state index is 12.8. The maximum Gasteiger partial charge on any atom is 0.212 e. The molecule has 2 fully saturated rings. The van der Waals surface area contributed by atoms with Crippen molar-refractivity contribution >= 4 is 26.9 Å². The minimum absolute atomic E-state index is 0.00240. The van der Waals surface area contributed by atoms with E-state index in [1.165, 1.54) is 0 Å². The summed E-state index contributed by atoms with van der Waals surface area (Å²) in [5.74, 6) is 1.58. The lowest BCUT2D eigenvalue weighted by Crippen LogP contribution is -2.44. The van der Waals surface area contributed by atoms with Crippen LogP contribution in [0.3, 0.4) is 0 Å². The Bertz CT molecular complexity index is 1000. The molecule has 3 N–H and O–H groups in total. The average Bonchev–Trinajstić information content (AvgIpc) is 3.22. The smallest absolute Gasteiger partial charge is 0.212 e. The van der Waals surface area contributed by atoms with Crippen molar-refractivity contribution < 1.29 is 13.5 Å². The molecule has 0 amide bonds. The molecule has 2 aliphatic carbocycles. The van der Waals surface area contributed by atoms with Crippen LogP contribution in [-0.2, 0) is 10.0 Å². The number of aromatic amines is 1. The fourth-order valence-corrected chi connectivity index (χ4v) is 7.34. The lowest BCUT2D eigenvalue weighted by Gasteiger charge is -2.37. The van der Waals surface area contributed by atoms with Gasteiger partial charge in [-0.15, -0.1) is 0 Å². The molecule has 4 rings (SSSR count). The number of nitrogens with one attached hydrogen (secondary N) is 2. The van der Waals surface area contributed by atoms with E-state index in [-0.39, 0.29) is 23.6 Å². The van der Waals surface area contributed by atoms with Crippen molar-refractivity contribution in [2.24, 2.45) is 11.8 Å². The summed E-state index contributed by atoms with van der Waals surface area (Å²) in [6.45, 7) is 3.70. The Morgan fingerprint density at radius 3 is 2.47 bits per heavy atom. The second kappa shape index (κ2) is 9.27. The predicted molar refractivity (Wildman–Crippen MR) is 127 cm³/mol. The molecule has 2 heterocycles. The highest BCUT2D eigenvalue weighted by atomic mass is 32.2. The van der Waals surface area contributed by atoms with Crippen LogP contribution in [0.4, 0.5) is 5.82 Å². The number of aromatic nitrogens is 3. The molecule has 0 aliphatic heterocycles. The second-order valence-corrected chi connectivity index (χ2v) is 12.1. The summed E-state index contributed by atoms with van der Waals surface area (Å²) < 4.78 is 28.6. The second-order valence-electron chi connectivity index (χ2n) is 10.3. The number of anilines is 1. The highest BCUT2D eigenvalue weighted by Gasteiger charge is 2.34. The van der Waals surface area contributed by atoms with E-state index in [0.29, 0.717) is 6.04 Å². The van der Waals surface area contributed by atoms with Crippen LogP contribution in [0.15, 0.2) is 18.6 Å². The molecule has 0 unspecified atom stereocenters. The molecule has 0 bridgehead atoms. The highest BCUT2D eigenvalue weighted by molar-refractivity contribution is 7.89.